The van der Waals surface area contributed by atoms with Crippen molar-refractivity contribution in [1.29, 1.82) is 0 Å². The Morgan fingerprint density at radius 1 is 1.32 bits per heavy atom. The molecule has 0 bridgehead atoms. The highest BCUT2D eigenvalue weighted by atomic mass is 79.9. The lowest BCUT2D eigenvalue weighted by molar-refractivity contribution is -0.118. The molecule has 1 aromatic heterocycles. The van der Waals surface area contributed by atoms with Crippen LogP contribution in [0.4, 0.5) is 5.69 Å². The van der Waals surface area contributed by atoms with Crippen LogP contribution in [-0.2, 0) is 10.2 Å². The molecule has 0 radical (unpaired) electrons. The van der Waals surface area contributed by atoms with Crippen molar-refractivity contribution in [2.75, 3.05) is 11.4 Å². The maximum absolute atomic E-state index is 12.7. The summed E-state index contributed by atoms with van der Waals surface area (Å²) in [5.41, 5.74) is 0.691. The highest BCUT2D eigenvalue weighted by Gasteiger charge is 2.38. The van der Waals surface area contributed by atoms with E-state index in [9.17, 15) is 4.79 Å². The van der Waals surface area contributed by atoms with Gasteiger partial charge in [0.15, 0.2) is 5.82 Å². The largest absolute Gasteiger partial charge is 0.338 e. The lowest BCUT2D eigenvalue weighted by Gasteiger charge is -2.17. The number of aromatic nitrogens is 2. The first-order chi connectivity index (χ1) is 10.4. The van der Waals surface area contributed by atoms with Gasteiger partial charge in [0.05, 0.1) is 5.69 Å². The minimum Gasteiger partial charge on any atom is -0.338 e. The SMILES string of the molecule is CC(C)(C)c1noc([C@@H]2CCN(c3ccccc3Br)C2=O)n1. The quantitative estimate of drug-likeness (QED) is 0.816. The van der Waals surface area contributed by atoms with E-state index in [0.717, 1.165) is 10.2 Å². The van der Waals surface area contributed by atoms with E-state index in [2.05, 4.69) is 26.1 Å². The second-order valence-corrected chi connectivity index (χ2v) is 7.34. The van der Waals surface area contributed by atoms with Crippen LogP contribution in [0.1, 0.15) is 44.8 Å². The van der Waals surface area contributed by atoms with E-state index < -0.39 is 0 Å². The van der Waals surface area contributed by atoms with Crippen molar-refractivity contribution in [2.24, 2.45) is 0 Å². The predicted octanol–water partition coefficient (Wildman–Crippen LogP) is 3.65. The summed E-state index contributed by atoms with van der Waals surface area (Å²) >= 11 is 3.49. The smallest absolute Gasteiger partial charge is 0.239 e. The molecule has 1 aromatic carbocycles. The van der Waals surface area contributed by atoms with Gasteiger partial charge in [-0.1, -0.05) is 38.1 Å². The van der Waals surface area contributed by atoms with E-state index >= 15 is 0 Å². The zero-order chi connectivity index (χ0) is 15.9. The van der Waals surface area contributed by atoms with Crippen LogP contribution in [0.2, 0.25) is 0 Å². The van der Waals surface area contributed by atoms with Crippen molar-refractivity contribution in [1.82, 2.24) is 10.1 Å². The van der Waals surface area contributed by atoms with E-state index in [4.69, 9.17) is 4.52 Å². The number of carbonyl (C=O) groups is 1. The fourth-order valence-electron chi connectivity index (χ4n) is 2.50. The van der Waals surface area contributed by atoms with Crippen LogP contribution in [-0.4, -0.2) is 22.6 Å². The highest BCUT2D eigenvalue weighted by molar-refractivity contribution is 9.10. The molecule has 116 valence electrons. The van der Waals surface area contributed by atoms with Crippen molar-refractivity contribution in [3.05, 3.63) is 40.5 Å². The molecule has 6 heteroatoms. The molecule has 1 fully saturated rings. The number of halogens is 1. The van der Waals surface area contributed by atoms with E-state index in [1.165, 1.54) is 0 Å². The van der Waals surface area contributed by atoms with Gasteiger partial charge in [-0.3, -0.25) is 4.79 Å². The molecule has 2 heterocycles. The Morgan fingerprint density at radius 2 is 2.05 bits per heavy atom. The summed E-state index contributed by atoms with van der Waals surface area (Å²) < 4.78 is 6.25. The molecule has 1 aliphatic rings. The van der Waals surface area contributed by atoms with Gasteiger partial charge < -0.3 is 9.42 Å². The van der Waals surface area contributed by atoms with Gasteiger partial charge >= 0.3 is 0 Å². The fourth-order valence-corrected chi connectivity index (χ4v) is 3.00. The van der Waals surface area contributed by atoms with Crippen molar-refractivity contribution in [3.63, 3.8) is 0 Å². The summed E-state index contributed by atoms with van der Waals surface area (Å²) in [6, 6.07) is 7.71. The molecule has 0 saturated carbocycles. The molecular weight excluding hydrogens is 346 g/mol. The number of hydrogen-bond acceptors (Lipinski definition) is 4. The monoisotopic (exact) mass is 363 g/mol. The number of hydrogen-bond donors (Lipinski definition) is 0. The van der Waals surface area contributed by atoms with Crippen LogP contribution in [0, 0.1) is 0 Å². The van der Waals surface area contributed by atoms with Gasteiger partial charge in [-0.05, 0) is 34.5 Å². The fraction of sp³-hybridized carbons (Fsp3) is 0.438. The minimum atomic E-state index is -0.351. The van der Waals surface area contributed by atoms with Crippen LogP contribution in [0.5, 0.6) is 0 Å². The lowest BCUT2D eigenvalue weighted by Crippen LogP contribution is -2.26. The Kier molecular flexibility index (Phi) is 3.80. The van der Waals surface area contributed by atoms with Gasteiger partial charge in [0, 0.05) is 16.4 Å². The van der Waals surface area contributed by atoms with Crippen LogP contribution in [0.3, 0.4) is 0 Å². The number of carbonyl (C=O) groups excluding carboxylic acids is 1. The molecule has 1 aliphatic heterocycles. The molecule has 22 heavy (non-hydrogen) atoms. The van der Waals surface area contributed by atoms with Crippen LogP contribution in [0.15, 0.2) is 33.3 Å². The Balaban J connectivity index is 1.85. The summed E-state index contributed by atoms with van der Waals surface area (Å²) in [5, 5.41) is 4.02. The molecule has 5 nitrogen and oxygen atoms in total. The number of nitrogens with zero attached hydrogens (tertiary/aromatic N) is 3. The highest BCUT2D eigenvalue weighted by Crippen LogP contribution is 2.35. The normalized spacial score (nSPS) is 19.0. The molecule has 0 spiro atoms. The molecule has 1 atom stereocenters. The van der Waals surface area contributed by atoms with E-state index in [1.807, 2.05) is 45.0 Å². The molecule has 1 saturated heterocycles. The first-order valence-electron chi connectivity index (χ1n) is 7.28. The molecule has 0 aliphatic carbocycles. The van der Waals surface area contributed by atoms with Crippen molar-refractivity contribution >= 4 is 27.5 Å². The van der Waals surface area contributed by atoms with Gasteiger partial charge in [-0.25, -0.2) is 0 Å². The van der Waals surface area contributed by atoms with Crippen molar-refractivity contribution < 1.29 is 9.32 Å². The Morgan fingerprint density at radius 3 is 2.68 bits per heavy atom. The molecule has 3 rings (SSSR count). The van der Waals surface area contributed by atoms with E-state index in [1.54, 1.807) is 4.90 Å². The zero-order valence-corrected chi connectivity index (χ0v) is 14.4. The molecule has 0 N–H and O–H groups in total. The van der Waals surface area contributed by atoms with Crippen molar-refractivity contribution in [2.45, 2.75) is 38.5 Å². The maximum Gasteiger partial charge on any atom is 0.239 e. The maximum atomic E-state index is 12.7. The minimum absolute atomic E-state index is 0.0102. The number of para-hydroxylation sites is 1. The number of rotatable bonds is 2. The summed E-state index contributed by atoms with van der Waals surface area (Å²) in [7, 11) is 0. The summed E-state index contributed by atoms with van der Waals surface area (Å²) in [4.78, 5) is 18.9. The molecular formula is C16H18BrN3O2. The van der Waals surface area contributed by atoms with E-state index in [0.29, 0.717) is 24.7 Å². The summed E-state index contributed by atoms with van der Waals surface area (Å²) in [5.74, 6) is 0.714. The summed E-state index contributed by atoms with van der Waals surface area (Å²) in [6.45, 7) is 6.71. The van der Waals surface area contributed by atoms with Gasteiger partial charge in [-0.2, -0.15) is 4.98 Å². The number of amides is 1. The van der Waals surface area contributed by atoms with E-state index in [-0.39, 0.29) is 17.2 Å². The molecule has 1 amide bonds. The first kappa shape index (κ1) is 15.2. The second-order valence-electron chi connectivity index (χ2n) is 6.49. The van der Waals surface area contributed by atoms with Gasteiger partial charge in [0.1, 0.15) is 5.92 Å². The third-order valence-corrected chi connectivity index (χ3v) is 4.43. The standard InChI is InChI=1S/C16H18BrN3O2/c1-16(2,3)15-18-13(22-19-15)10-8-9-20(14(10)21)12-7-5-4-6-11(12)17/h4-7,10H,8-9H2,1-3H3/t10-/m0/s1. The number of anilines is 1. The van der Waals surface area contributed by atoms with Crippen LogP contribution < -0.4 is 4.90 Å². The predicted molar refractivity (Wildman–Crippen MR) is 86.9 cm³/mol. The topological polar surface area (TPSA) is 59.2 Å². The molecule has 2 aromatic rings. The van der Waals surface area contributed by atoms with Gasteiger partial charge in [-0.15, -0.1) is 0 Å². The first-order valence-corrected chi connectivity index (χ1v) is 8.07. The van der Waals surface area contributed by atoms with Crippen LogP contribution in [0.25, 0.3) is 0 Å². The van der Waals surface area contributed by atoms with Crippen LogP contribution >= 0.6 is 15.9 Å². The zero-order valence-electron chi connectivity index (χ0n) is 12.8. The number of benzene rings is 1. The third kappa shape index (κ3) is 2.67. The molecule has 0 unspecified atom stereocenters. The Labute approximate surface area is 137 Å². The lowest BCUT2D eigenvalue weighted by atomic mass is 9.96. The van der Waals surface area contributed by atoms with Crippen molar-refractivity contribution in [3.8, 4) is 0 Å². The summed E-state index contributed by atoms with van der Waals surface area (Å²) in [6.07, 6.45) is 0.686. The average Bonchev–Trinajstić information content (AvgIpc) is 3.05. The second kappa shape index (κ2) is 5.50. The third-order valence-electron chi connectivity index (χ3n) is 3.76. The van der Waals surface area contributed by atoms with Gasteiger partial charge in [0.25, 0.3) is 0 Å². The average molecular weight is 364 g/mol. The van der Waals surface area contributed by atoms with Gasteiger partial charge in [0.2, 0.25) is 11.8 Å². The Hall–Kier alpha value is -1.69. The Bertz CT molecular complexity index is 705.